The summed E-state index contributed by atoms with van der Waals surface area (Å²) in [4.78, 5) is 34.7. The summed E-state index contributed by atoms with van der Waals surface area (Å²) in [5, 5.41) is 13.5. The Bertz CT molecular complexity index is 1050. The zero-order valence-electron chi connectivity index (χ0n) is 15.0. The van der Waals surface area contributed by atoms with Crippen LogP contribution in [-0.4, -0.2) is 23.2 Å². The average Bonchev–Trinajstić information content (AvgIpc) is 2.74. The van der Waals surface area contributed by atoms with Gasteiger partial charge in [-0.1, -0.05) is 41.9 Å². The fourth-order valence-corrected chi connectivity index (χ4v) is 2.68. The monoisotopic (exact) mass is 410 g/mol. The zero-order chi connectivity index (χ0) is 20.8. The van der Waals surface area contributed by atoms with Gasteiger partial charge in [0.25, 0.3) is 11.6 Å². The highest BCUT2D eigenvalue weighted by Crippen LogP contribution is 2.26. The summed E-state index contributed by atoms with van der Waals surface area (Å²) in [6.07, 6.45) is 0. The molecule has 0 spiro atoms. The Labute approximate surface area is 171 Å². The Balaban J connectivity index is 1.59. The molecule has 0 radical (unpaired) electrons. The lowest BCUT2D eigenvalue weighted by atomic mass is 10.0. The van der Waals surface area contributed by atoms with Crippen LogP contribution >= 0.6 is 11.6 Å². The van der Waals surface area contributed by atoms with Crippen molar-refractivity contribution in [1.29, 1.82) is 0 Å². The van der Waals surface area contributed by atoms with E-state index >= 15 is 0 Å². The Morgan fingerprint density at radius 1 is 0.966 bits per heavy atom. The van der Waals surface area contributed by atoms with Gasteiger partial charge >= 0.3 is 0 Å². The highest BCUT2D eigenvalue weighted by molar-refractivity contribution is 6.33. The number of ether oxygens (including phenoxy) is 1. The lowest BCUT2D eigenvalue weighted by molar-refractivity contribution is -0.384. The van der Waals surface area contributed by atoms with Crippen LogP contribution in [0.5, 0.6) is 5.75 Å². The molecule has 3 aromatic carbocycles. The third-order valence-electron chi connectivity index (χ3n) is 3.96. The highest BCUT2D eigenvalue weighted by Gasteiger charge is 2.13. The first-order valence-electron chi connectivity index (χ1n) is 8.50. The van der Waals surface area contributed by atoms with Gasteiger partial charge in [0.05, 0.1) is 15.6 Å². The molecule has 0 heterocycles. The van der Waals surface area contributed by atoms with Crippen LogP contribution in [0.2, 0.25) is 5.02 Å². The van der Waals surface area contributed by atoms with E-state index in [1.165, 1.54) is 18.2 Å². The minimum Gasteiger partial charge on any atom is -0.484 e. The number of nitrogens with one attached hydrogen (secondary N) is 1. The predicted octanol–water partition coefficient (Wildman–Crippen LogP) is 4.50. The number of ketones is 1. The molecule has 7 nitrogen and oxygen atoms in total. The van der Waals surface area contributed by atoms with Crippen molar-refractivity contribution < 1.29 is 19.2 Å². The van der Waals surface area contributed by atoms with Crippen molar-refractivity contribution in [3.8, 4) is 5.75 Å². The molecule has 1 amide bonds. The molecule has 0 atom stereocenters. The second-order valence-electron chi connectivity index (χ2n) is 5.98. The molecule has 8 heteroatoms. The van der Waals surface area contributed by atoms with Crippen LogP contribution < -0.4 is 10.1 Å². The van der Waals surface area contributed by atoms with E-state index in [1.54, 1.807) is 48.5 Å². The van der Waals surface area contributed by atoms with Crippen molar-refractivity contribution in [2.75, 3.05) is 11.9 Å². The standard InChI is InChI=1S/C21H15ClN2O5/c22-18-11-8-16(24(27)28)12-19(18)23-20(25)13-29-17-9-6-15(7-10-17)21(26)14-4-2-1-3-5-14/h1-12H,13H2,(H,23,25). The summed E-state index contributed by atoms with van der Waals surface area (Å²) in [5.41, 5.74) is 1.01. The molecule has 146 valence electrons. The molecule has 0 aliphatic carbocycles. The maximum Gasteiger partial charge on any atom is 0.271 e. The van der Waals surface area contributed by atoms with Gasteiger partial charge in [-0.3, -0.25) is 19.7 Å². The van der Waals surface area contributed by atoms with Crippen LogP contribution in [0.15, 0.2) is 72.8 Å². The quantitative estimate of drug-likeness (QED) is 0.351. The first kappa shape index (κ1) is 20.0. The largest absolute Gasteiger partial charge is 0.484 e. The van der Waals surface area contributed by atoms with Crippen LogP contribution in [0.4, 0.5) is 11.4 Å². The molecule has 0 bridgehead atoms. The van der Waals surface area contributed by atoms with Crippen LogP contribution in [0.1, 0.15) is 15.9 Å². The van der Waals surface area contributed by atoms with E-state index in [4.69, 9.17) is 16.3 Å². The van der Waals surface area contributed by atoms with E-state index in [0.717, 1.165) is 0 Å². The molecule has 0 saturated carbocycles. The lowest BCUT2D eigenvalue weighted by Crippen LogP contribution is -2.20. The first-order chi connectivity index (χ1) is 13.9. The topological polar surface area (TPSA) is 98.5 Å². The van der Waals surface area contributed by atoms with Crippen molar-refractivity contribution in [3.05, 3.63) is 99.1 Å². The number of amides is 1. The van der Waals surface area contributed by atoms with Crippen LogP contribution in [-0.2, 0) is 4.79 Å². The molecule has 1 N–H and O–H groups in total. The number of halogens is 1. The Morgan fingerprint density at radius 3 is 2.28 bits per heavy atom. The van der Waals surface area contributed by atoms with E-state index in [0.29, 0.717) is 16.9 Å². The van der Waals surface area contributed by atoms with Gasteiger partial charge in [0.1, 0.15) is 5.75 Å². The number of carbonyl (C=O) groups is 2. The predicted molar refractivity (Wildman–Crippen MR) is 109 cm³/mol. The van der Waals surface area contributed by atoms with Crippen LogP contribution in [0, 0.1) is 10.1 Å². The molecular formula is C21H15ClN2O5. The molecule has 0 aromatic heterocycles. The second kappa shape index (κ2) is 8.99. The minimum absolute atomic E-state index is 0.116. The number of rotatable bonds is 7. The molecule has 3 rings (SSSR count). The number of nitro benzene ring substituents is 1. The minimum atomic E-state index is -0.583. The number of hydrogen-bond donors (Lipinski definition) is 1. The molecule has 0 aliphatic heterocycles. The number of hydrogen-bond acceptors (Lipinski definition) is 5. The summed E-state index contributed by atoms with van der Waals surface area (Å²) >= 11 is 5.95. The van der Waals surface area contributed by atoms with Crippen molar-refractivity contribution in [1.82, 2.24) is 0 Å². The van der Waals surface area contributed by atoms with Crippen LogP contribution in [0.3, 0.4) is 0 Å². The van der Waals surface area contributed by atoms with Gasteiger partial charge in [0, 0.05) is 23.3 Å². The Morgan fingerprint density at radius 2 is 1.62 bits per heavy atom. The smallest absolute Gasteiger partial charge is 0.271 e. The normalized spacial score (nSPS) is 10.2. The highest BCUT2D eigenvalue weighted by atomic mass is 35.5. The Kier molecular flexibility index (Phi) is 6.21. The molecule has 0 unspecified atom stereocenters. The van der Waals surface area contributed by atoms with Crippen LogP contribution in [0.25, 0.3) is 0 Å². The number of nitro groups is 1. The van der Waals surface area contributed by atoms with Crippen molar-refractivity contribution in [2.45, 2.75) is 0 Å². The number of anilines is 1. The van der Waals surface area contributed by atoms with E-state index in [1.807, 2.05) is 6.07 Å². The second-order valence-corrected chi connectivity index (χ2v) is 6.38. The molecule has 0 fully saturated rings. The summed E-state index contributed by atoms with van der Waals surface area (Å²) < 4.78 is 5.40. The molecule has 29 heavy (non-hydrogen) atoms. The van der Waals surface area contributed by atoms with Crippen molar-refractivity contribution in [3.63, 3.8) is 0 Å². The van der Waals surface area contributed by atoms with E-state index in [2.05, 4.69) is 5.32 Å². The fourth-order valence-electron chi connectivity index (χ4n) is 2.52. The Hall–Kier alpha value is -3.71. The molecule has 0 saturated heterocycles. The summed E-state index contributed by atoms with van der Waals surface area (Å²) in [5.74, 6) is -0.248. The summed E-state index contributed by atoms with van der Waals surface area (Å²) in [6, 6.07) is 19.0. The van der Waals surface area contributed by atoms with E-state index < -0.39 is 10.8 Å². The summed E-state index contributed by atoms with van der Waals surface area (Å²) in [6.45, 7) is -0.328. The van der Waals surface area contributed by atoms with Gasteiger partial charge in [-0.15, -0.1) is 0 Å². The molecule has 0 aliphatic rings. The fraction of sp³-hybridized carbons (Fsp3) is 0.0476. The number of nitrogens with zero attached hydrogens (tertiary/aromatic N) is 1. The zero-order valence-corrected chi connectivity index (χ0v) is 15.8. The van der Waals surface area contributed by atoms with Gasteiger partial charge in [0.15, 0.2) is 12.4 Å². The van der Waals surface area contributed by atoms with E-state index in [-0.39, 0.29) is 28.8 Å². The third kappa shape index (κ3) is 5.18. The lowest BCUT2D eigenvalue weighted by Gasteiger charge is -2.09. The molecule has 3 aromatic rings. The van der Waals surface area contributed by atoms with Gasteiger partial charge < -0.3 is 10.1 Å². The maximum absolute atomic E-state index is 12.4. The van der Waals surface area contributed by atoms with E-state index in [9.17, 15) is 19.7 Å². The van der Waals surface area contributed by atoms with Gasteiger partial charge in [-0.25, -0.2) is 0 Å². The molecular weight excluding hydrogens is 396 g/mol. The summed E-state index contributed by atoms with van der Waals surface area (Å²) in [7, 11) is 0. The number of carbonyl (C=O) groups excluding carboxylic acids is 2. The number of benzene rings is 3. The van der Waals surface area contributed by atoms with Gasteiger partial charge in [-0.2, -0.15) is 0 Å². The number of non-ortho nitro benzene ring substituents is 1. The van der Waals surface area contributed by atoms with Crippen molar-refractivity contribution in [2.24, 2.45) is 0 Å². The van der Waals surface area contributed by atoms with Crippen molar-refractivity contribution >= 4 is 34.7 Å². The average molecular weight is 411 g/mol. The first-order valence-corrected chi connectivity index (χ1v) is 8.88. The SMILES string of the molecule is O=C(COc1ccc(C(=O)c2ccccc2)cc1)Nc1cc([N+](=O)[O-])ccc1Cl. The third-order valence-corrected chi connectivity index (χ3v) is 4.29. The van der Waals surface area contributed by atoms with Gasteiger partial charge in [-0.05, 0) is 30.3 Å². The maximum atomic E-state index is 12.4. The van der Waals surface area contributed by atoms with Gasteiger partial charge in [0.2, 0.25) is 0 Å².